The molecule has 0 atom stereocenters. The lowest BCUT2D eigenvalue weighted by molar-refractivity contribution is 0.551. The molecule has 0 saturated carbocycles. The van der Waals surface area contributed by atoms with Crippen LogP contribution in [0.25, 0.3) is 0 Å². The van der Waals surface area contributed by atoms with Gasteiger partial charge in [0.1, 0.15) is 5.03 Å². The predicted molar refractivity (Wildman–Crippen MR) is 93.8 cm³/mol. The number of aryl methyl sites for hydroxylation is 1. The Morgan fingerprint density at radius 2 is 1.95 bits per heavy atom. The van der Waals surface area contributed by atoms with Gasteiger partial charge in [0.05, 0.1) is 0 Å². The monoisotopic (exact) mass is 364 g/mol. The van der Waals surface area contributed by atoms with E-state index in [1.165, 1.54) is 16.0 Å². The fourth-order valence-electron chi connectivity index (χ4n) is 1.94. The van der Waals surface area contributed by atoms with Crippen molar-refractivity contribution in [2.75, 3.05) is 6.54 Å². The molecule has 0 fully saturated rings. The van der Waals surface area contributed by atoms with Gasteiger partial charge in [0.25, 0.3) is 0 Å². The first-order valence-electron chi connectivity index (χ1n) is 7.14. The molecule has 0 unspecified atom stereocenters. The number of aromatic nitrogens is 1. The van der Waals surface area contributed by atoms with E-state index in [9.17, 15) is 0 Å². The molecule has 0 radical (unpaired) electrons. The minimum Gasteiger partial charge on any atom is -0.312 e. The smallest absolute Gasteiger partial charge is 0.104 e. The SMILES string of the molecule is Cc1cc(CNCC(C)C)cnc1Sc1ccc(Br)cc1. The van der Waals surface area contributed by atoms with E-state index in [1.54, 1.807) is 11.8 Å². The van der Waals surface area contributed by atoms with Crippen LogP contribution in [0.3, 0.4) is 0 Å². The summed E-state index contributed by atoms with van der Waals surface area (Å²) in [5.74, 6) is 0.672. The van der Waals surface area contributed by atoms with Crippen molar-refractivity contribution in [3.05, 3.63) is 52.1 Å². The molecule has 2 aromatic rings. The molecule has 0 aliphatic heterocycles. The van der Waals surface area contributed by atoms with Crippen molar-refractivity contribution in [2.45, 2.75) is 37.2 Å². The van der Waals surface area contributed by atoms with Crippen LogP contribution in [0.4, 0.5) is 0 Å². The molecule has 1 N–H and O–H groups in total. The van der Waals surface area contributed by atoms with Gasteiger partial charge >= 0.3 is 0 Å². The van der Waals surface area contributed by atoms with Gasteiger partial charge in [0, 0.05) is 22.1 Å². The Kier molecular flexibility index (Phi) is 6.27. The lowest BCUT2D eigenvalue weighted by atomic mass is 10.2. The number of benzene rings is 1. The van der Waals surface area contributed by atoms with Crippen LogP contribution in [-0.4, -0.2) is 11.5 Å². The molecule has 21 heavy (non-hydrogen) atoms. The summed E-state index contributed by atoms with van der Waals surface area (Å²) in [6, 6.07) is 10.5. The summed E-state index contributed by atoms with van der Waals surface area (Å²) in [6.07, 6.45) is 1.97. The highest BCUT2D eigenvalue weighted by Crippen LogP contribution is 2.29. The van der Waals surface area contributed by atoms with Gasteiger partial charge in [-0.3, -0.25) is 0 Å². The van der Waals surface area contributed by atoms with Crippen LogP contribution in [0.5, 0.6) is 0 Å². The fraction of sp³-hybridized carbons (Fsp3) is 0.353. The Balaban J connectivity index is 2.00. The number of nitrogens with zero attached hydrogens (tertiary/aromatic N) is 1. The third-order valence-electron chi connectivity index (χ3n) is 3.00. The number of nitrogens with one attached hydrogen (secondary N) is 1. The molecule has 4 heteroatoms. The first-order chi connectivity index (χ1) is 10.0. The zero-order valence-electron chi connectivity index (χ0n) is 12.7. The second-order valence-corrected chi connectivity index (χ2v) is 7.52. The van der Waals surface area contributed by atoms with E-state index in [2.05, 4.69) is 77.3 Å². The zero-order chi connectivity index (χ0) is 15.2. The van der Waals surface area contributed by atoms with Crippen molar-refractivity contribution in [2.24, 2.45) is 5.92 Å². The molecule has 112 valence electrons. The Hall–Kier alpha value is -0.840. The van der Waals surface area contributed by atoms with Crippen molar-refractivity contribution in [3.8, 4) is 0 Å². The van der Waals surface area contributed by atoms with Crippen LogP contribution in [-0.2, 0) is 6.54 Å². The van der Waals surface area contributed by atoms with Crippen molar-refractivity contribution < 1.29 is 0 Å². The van der Waals surface area contributed by atoms with E-state index in [4.69, 9.17) is 0 Å². The lowest BCUT2D eigenvalue weighted by Gasteiger charge is -2.10. The molecule has 0 amide bonds. The van der Waals surface area contributed by atoms with Crippen molar-refractivity contribution in [1.29, 1.82) is 0 Å². The minimum atomic E-state index is 0.672. The van der Waals surface area contributed by atoms with Crippen LogP contribution in [0.2, 0.25) is 0 Å². The highest BCUT2D eigenvalue weighted by molar-refractivity contribution is 9.10. The molecule has 0 saturated heterocycles. The summed E-state index contributed by atoms with van der Waals surface area (Å²) in [5.41, 5.74) is 2.47. The number of rotatable bonds is 6. The van der Waals surface area contributed by atoms with Crippen molar-refractivity contribution >= 4 is 27.7 Å². The molecular weight excluding hydrogens is 344 g/mol. The molecule has 0 aliphatic carbocycles. The summed E-state index contributed by atoms with van der Waals surface area (Å²) < 4.78 is 1.10. The number of halogens is 1. The number of hydrogen-bond acceptors (Lipinski definition) is 3. The summed E-state index contributed by atoms with van der Waals surface area (Å²) in [6.45, 7) is 8.48. The van der Waals surface area contributed by atoms with Gasteiger partial charge < -0.3 is 5.32 Å². The maximum Gasteiger partial charge on any atom is 0.104 e. The quantitative estimate of drug-likeness (QED) is 0.776. The Labute approximate surface area is 139 Å². The van der Waals surface area contributed by atoms with Gasteiger partial charge in [-0.05, 0) is 54.8 Å². The standard InChI is InChI=1S/C17H21BrN2S/c1-12(2)9-19-10-14-8-13(3)17(20-11-14)21-16-6-4-15(18)5-7-16/h4-8,11-12,19H,9-10H2,1-3H3. The highest BCUT2D eigenvalue weighted by atomic mass is 79.9. The summed E-state index contributed by atoms with van der Waals surface area (Å²) >= 11 is 5.17. The molecule has 0 spiro atoms. The summed E-state index contributed by atoms with van der Waals surface area (Å²) in [4.78, 5) is 5.81. The number of hydrogen-bond donors (Lipinski definition) is 1. The molecule has 2 rings (SSSR count). The van der Waals surface area contributed by atoms with Crippen LogP contribution in [0.1, 0.15) is 25.0 Å². The topological polar surface area (TPSA) is 24.9 Å². The van der Waals surface area contributed by atoms with E-state index in [0.29, 0.717) is 5.92 Å². The largest absolute Gasteiger partial charge is 0.312 e. The van der Waals surface area contributed by atoms with Crippen LogP contribution >= 0.6 is 27.7 Å². The summed E-state index contributed by atoms with van der Waals surface area (Å²) in [7, 11) is 0. The van der Waals surface area contributed by atoms with E-state index in [1.807, 2.05) is 6.20 Å². The van der Waals surface area contributed by atoms with Crippen LogP contribution < -0.4 is 5.32 Å². The molecular formula is C17H21BrN2S. The second-order valence-electron chi connectivity index (χ2n) is 5.55. The molecule has 2 nitrogen and oxygen atoms in total. The lowest BCUT2D eigenvalue weighted by Crippen LogP contribution is -2.19. The maximum atomic E-state index is 4.60. The van der Waals surface area contributed by atoms with Crippen molar-refractivity contribution in [1.82, 2.24) is 10.3 Å². The average molecular weight is 365 g/mol. The Morgan fingerprint density at radius 3 is 2.57 bits per heavy atom. The minimum absolute atomic E-state index is 0.672. The fourth-order valence-corrected chi connectivity index (χ4v) is 3.03. The van der Waals surface area contributed by atoms with Gasteiger partial charge in [0.2, 0.25) is 0 Å². The molecule has 1 aromatic carbocycles. The molecule has 1 aromatic heterocycles. The highest BCUT2D eigenvalue weighted by Gasteiger charge is 2.05. The van der Waals surface area contributed by atoms with Gasteiger partial charge in [-0.1, -0.05) is 47.6 Å². The summed E-state index contributed by atoms with van der Waals surface area (Å²) in [5, 5.41) is 4.53. The molecule has 0 bridgehead atoms. The van der Waals surface area contributed by atoms with Gasteiger partial charge in [-0.25, -0.2) is 4.98 Å². The van der Waals surface area contributed by atoms with E-state index in [0.717, 1.165) is 22.6 Å². The van der Waals surface area contributed by atoms with E-state index >= 15 is 0 Å². The van der Waals surface area contributed by atoms with Crippen LogP contribution in [0.15, 0.2) is 50.9 Å². The predicted octanol–water partition coefficient (Wildman–Crippen LogP) is 5.05. The molecule has 0 aliphatic rings. The van der Waals surface area contributed by atoms with Crippen LogP contribution in [0, 0.1) is 12.8 Å². The number of pyridine rings is 1. The zero-order valence-corrected chi connectivity index (χ0v) is 15.1. The Bertz CT molecular complexity index is 582. The van der Waals surface area contributed by atoms with Gasteiger partial charge in [-0.2, -0.15) is 0 Å². The molecule has 1 heterocycles. The van der Waals surface area contributed by atoms with Gasteiger partial charge in [-0.15, -0.1) is 0 Å². The first kappa shape index (κ1) is 16.5. The van der Waals surface area contributed by atoms with Gasteiger partial charge in [0.15, 0.2) is 0 Å². The van der Waals surface area contributed by atoms with E-state index < -0.39 is 0 Å². The first-order valence-corrected chi connectivity index (χ1v) is 8.75. The second kappa shape index (κ2) is 7.97. The maximum absolute atomic E-state index is 4.60. The third-order valence-corrected chi connectivity index (χ3v) is 4.65. The average Bonchev–Trinajstić information content (AvgIpc) is 2.44. The van der Waals surface area contributed by atoms with E-state index in [-0.39, 0.29) is 0 Å². The Morgan fingerprint density at radius 1 is 1.24 bits per heavy atom. The van der Waals surface area contributed by atoms with Crippen molar-refractivity contribution in [3.63, 3.8) is 0 Å². The third kappa shape index (κ3) is 5.46. The normalized spacial score (nSPS) is 11.1.